The number of hydrogen-bond acceptors (Lipinski definition) is 2. The van der Waals surface area contributed by atoms with Crippen LogP contribution < -0.4 is 0 Å². The Hall–Kier alpha value is -2.83. The van der Waals surface area contributed by atoms with Crippen molar-refractivity contribution in [1.82, 2.24) is 9.80 Å². The molecule has 1 fully saturated rings. The standard InChI is InChI=1S/C22H23F3N2O2/c1-15-4-5-18(14-16(15)2)21(29)27-11-3-10-26(12-13-27)20(28)17-6-8-19(9-7-17)22(23,24)25/h4-9,14H,3,10-13H2,1-2H3. The summed E-state index contributed by atoms with van der Waals surface area (Å²) in [5.41, 5.74) is 2.22. The topological polar surface area (TPSA) is 40.6 Å². The summed E-state index contributed by atoms with van der Waals surface area (Å²) >= 11 is 0. The van der Waals surface area contributed by atoms with E-state index in [2.05, 4.69) is 0 Å². The van der Waals surface area contributed by atoms with E-state index in [-0.39, 0.29) is 17.4 Å². The minimum absolute atomic E-state index is 0.0723. The molecule has 0 spiro atoms. The number of benzene rings is 2. The Bertz CT molecular complexity index is 907. The lowest BCUT2D eigenvalue weighted by atomic mass is 10.1. The van der Waals surface area contributed by atoms with Gasteiger partial charge in [-0.15, -0.1) is 0 Å². The molecule has 1 aliphatic rings. The molecule has 4 nitrogen and oxygen atoms in total. The second kappa shape index (κ2) is 8.27. The summed E-state index contributed by atoms with van der Waals surface area (Å²) in [6.45, 7) is 5.66. The molecule has 0 saturated carbocycles. The van der Waals surface area contributed by atoms with Gasteiger partial charge in [-0.05, 0) is 67.8 Å². The molecule has 0 bridgehead atoms. The van der Waals surface area contributed by atoms with E-state index in [0.29, 0.717) is 38.2 Å². The van der Waals surface area contributed by atoms with Crippen molar-refractivity contribution in [3.05, 3.63) is 70.3 Å². The second-order valence-electron chi connectivity index (χ2n) is 7.31. The van der Waals surface area contributed by atoms with Gasteiger partial charge in [-0.1, -0.05) is 6.07 Å². The third-order valence-corrected chi connectivity index (χ3v) is 5.28. The predicted octanol–water partition coefficient (Wildman–Crippen LogP) is 4.31. The van der Waals surface area contributed by atoms with Crippen LogP contribution in [0.3, 0.4) is 0 Å². The number of aryl methyl sites for hydroxylation is 2. The number of alkyl halides is 3. The van der Waals surface area contributed by atoms with E-state index >= 15 is 0 Å². The van der Waals surface area contributed by atoms with Crippen molar-refractivity contribution in [2.24, 2.45) is 0 Å². The summed E-state index contributed by atoms with van der Waals surface area (Å²) in [4.78, 5) is 28.8. The number of rotatable bonds is 2. The molecular formula is C22H23F3N2O2. The summed E-state index contributed by atoms with van der Waals surface area (Å²) in [6, 6.07) is 9.83. The molecule has 0 aromatic heterocycles. The average molecular weight is 404 g/mol. The van der Waals surface area contributed by atoms with Crippen molar-refractivity contribution in [2.45, 2.75) is 26.4 Å². The van der Waals surface area contributed by atoms with Gasteiger partial charge in [0.2, 0.25) is 0 Å². The van der Waals surface area contributed by atoms with Crippen molar-refractivity contribution in [1.29, 1.82) is 0 Å². The Balaban J connectivity index is 1.66. The fourth-order valence-electron chi connectivity index (χ4n) is 3.37. The smallest absolute Gasteiger partial charge is 0.337 e. The SMILES string of the molecule is Cc1ccc(C(=O)N2CCCN(C(=O)c3ccc(C(F)(F)F)cc3)CC2)cc1C. The van der Waals surface area contributed by atoms with Gasteiger partial charge in [0.05, 0.1) is 5.56 Å². The highest BCUT2D eigenvalue weighted by atomic mass is 19.4. The van der Waals surface area contributed by atoms with Crippen LogP contribution in [0.25, 0.3) is 0 Å². The van der Waals surface area contributed by atoms with E-state index in [4.69, 9.17) is 0 Å². The van der Waals surface area contributed by atoms with E-state index in [1.165, 1.54) is 12.1 Å². The lowest BCUT2D eigenvalue weighted by Crippen LogP contribution is -2.37. The van der Waals surface area contributed by atoms with E-state index in [1.54, 1.807) is 15.9 Å². The number of carbonyl (C=O) groups is 2. The Kier molecular flexibility index (Phi) is 5.96. The number of amides is 2. The van der Waals surface area contributed by atoms with Crippen molar-refractivity contribution in [3.63, 3.8) is 0 Å². The lowest BCUT2D eigenvalue weighted by molar-refractivity contribution is -0.137. The van der Waals surface area contributed by atoms with Crippen LogP contribution in [-0.2, 0) is 6.18 Å². The van der Waals surface area contributed by atoms with Gasteiger partial charge in [0, 0.05) is 37.3 Å². The van der Waals surface area contributed by atoms with Gasteiger partial charge >= 0.3 is 6.18 Å². The van der Waals surface area contributed by atoms with Crippen LogP contribution in [-0.4, -0.2) is 47.8 Å². The molecule has 7 heteroatoms. The molecule has 1 saturated heterocycles. The largest absolute Gasteiger partial charge is 0.416 e. The molecule has 1 aliphatic heterocycles. The number of carbonyl (C=O) groups excluding carboxylic acids is 2. The summed E-state index contributed by atoms with van der Waals surface area (Å²) in [5, 5.41) is 0. The Labute approximate surface area is 167 Å². The second-order valence-corrected chi connectivity index (χ2v) is 7.31. The zero-order valence-electron chi connectivity index (χ0n) is 16.4. The average Bonchev–Trinajstić information content (AvgIpc) is 2.94. The molecule has 0 aliphatic carbocycles. The molecule has 0 radical (unpaired) electrons. The first-order valence-corrected chi connectivity index (χ1v) is 9.50. The van der Waals surface area contributed by atoms with E-state index in [9.17, 15) is 22.8 Å². The van der Waals surface area contributed by atoms with Crippen LogP contribution in [0.5, 0.6) is 0 Å². The van der Waals surface area contributed by atoms with Crippen molar-refractivity contribution < 1.29 is 22.8 Å². The normalized spacial score (nSPS) is 15.2. The molecule has 0 unspecified atom stereocenters. The van der Waals surface area contributed by atoms with Crippen LogP contribution in [0.2, 0.25) is 0 Å². The molecule has 2 aromatic carbocycles. The summed E-state index contributed by atoms with van der Waals surface area (Å²) in [5.74, 6) is -0.392. The van der Waals surface area contributed by atoms with E-state index < -0.39 is 11.7 Å². The van der Waals surface area contributed by atoms with Gasteiger partial charge in [0.15, 0.2) is 0 Å². The monoisotopic (exact) mass is 404 g/mol. The van der Waals surface area contributed by atoms with Gasteiger partial charge in [0.1, 0.15) is 0 Å². The molecule has 154 valence electrons. The van der Waals surface area contributed by atoms with Gasteiger partial charge in [-0.3, -0.25) is 9.59 Å². The molecular weight excluding hydrogens is 381 g/mol. The molecule has 0 N–H and O–H groups in total. The van der Waals surface area contributed by atoms with Crippen molar-refractivity contribution in [2.75, 3.05) is 26.2 Å². The first kappa shape index (κ1) is 20.9. The quantitative estimate of drug-likeness (QED) is 0.748. The maximum Gasteiger partial charge on any atom is 0.416 e. The fourth-order valence-corrected chi connectivity index (χ4v) is 3.37. The van der Waals surface area contributed by atoms with Crippen molar-refractivity contribution >= 4 is 11.8 Å². The van der Waals surface area contributed by atoms with Crippen LogP contribution in [0, 0.1) is 13.8 Å². The Morgan fingerprint density at radius 1 is 0.759 bits per heavy atom. The molecule has 2 aromatic rings. The highest BCUT2D eigenvalue weighted by molar-refractivity contribution is 5.95. The molecule has 29 heavy (non-hydrogen) atoms. The number of halogens is 3. The summed E-state index contributed by atoms with van der Waals surface area (Å²) in [6.07, 6.45) is -3.82. The highest BCUT2D eigenvalue weighted by Gasteiger charge is 2.30. The summed E-state index contributed by atoms with van der Waals surface area (Å²) < 4.78 is 38.1. The van der Waals surface area contributed by atoms with E-state index in [0.717, 1.165) is 23.3 Å². The first-order valence-electron chi connectivity index (χ1n) is 9.50. The van der Waals surface area contributed by atoms with Gasteiger partial charge in [-0.25, -0.2) is 0 Å². The third kappa shape index (κ3) is 4.78. The van der Waals surface area contributed by atoms with Crippen LogP contribution in [0.1, 0.15) is 43.8 Å². The van der Waals surface area contributed by atoms with E-state index in [1.807, 2.05) is 26.0 Å². The fraction of sp³-hybridized carbons (Fsp3) is 0.364. The summed E-state index contributed by atoms with van der Waals surface area (Å²) in [7, 11) is 0. The maximum absolute atomic E-state index is 12.8. The first-order chi connectivity index (χ1) is 13.7. The van der Waals surface area contributed by atoms with Crippen LogP contribution >= 0.6 is 0 Å². The molecule has 3 rings (SSSR count). The lowest BCUT2D eigenvalue weighted by Gasteiger charge is -2.22. The van der Waals surface area contributed by atoms with Crippen LogP contribution in [0.4, 0.5) is 13.2 Å². The number of nitrogens with zero attached hydrogens (tertiary/aromatic N) is 2. The predicted molar refractivity (Wildman–Crippen MR) is 104 cm³/mol. The Morgan fingerprint density at radius 2 is 1.28 bits per heavy atom. The molecule has 2 amide bonds. The highest BCUT2D eigenvalue weighted by Crippen LogP contribution is 2.29. The zero-order chi connectivity index (χ0) is 21.2. The van der Waals surface area contributed by atoms with Gasteiger partial charge in [-0.2, -0.15) is 13.2 Å². The third-order valence-electron chi connectivity index (χ3n) is 5.28. The number of hydrogen-bond donors (Lipinski definition) is 0. The minimum atomic E-state index is -4.43. The molecule has 0 atom stereocenters. The van der Waals surface area contributed by atoms with Crippen LogP contribution in [0.15, 0.2) is 42.5 Å². The van der Waals surface area contributed by atoms with Crippen molar-refractivity contribution in [3.8, 4) is 0 Å². The molecule has 1 heterocycles. The zero-order valence-corrected chi connectivity index (χ0v) is 16.4. The Morgan fingerprint density at radius 3 is 1.79 bits per heavy atom. The maximum atomic E-state index is 12.8. The van der Waals surface area contributed by atoms with Gasteiger partial charge < -0.3 is 9.80 Å². The minimum Gasteiger partial charge on any atom is -0.337 e. The van der Waals surface area contributed by atoms with Gasteiger partial charge in [0.25, 0.3) is 11.8 Å².